The van der Waals surface area contributed by atoms with Gasteiger partial charge in [-0.05, 0) is 77.3 Å². The molecule has 0 spiro atoms. The largest absolute Gasteiger partial charge is 0.390 e. The predicted molar refractivity (Wildman–Crippen MR) is 191 cm³/mol. The van der Waals surface area contributed by atoms with E-state index in [1.165, 1.54) is 180 Å². The van der Waals surface area contributed by atoms with Gasteiger partial charge in [0.05, 0.1) is 6.10 Å². The highest BCUT2D eigenvalue weighted by Crippen LogP contribution is 2.11. The molecule has 0 saturated carbocycles. The van der Waals surface area contributed by atoms with E-state index in [0.29, 0.717) is 13.1 Å². The number of rotatable bonds is 36. The van der Waals surface area contributed by atoms with Crippen molar-refractivity contribution < 1.29 is 5.11 Å². The molecule has 0 bridgehead atoms. The Morgan fingerprint density at radius 1 is 0.381 bits per heavy atom. The Hall–Kier alpha value is -0.640. The number of hydrogen-bond donors (Lipinski definition) is 3. The molecule has 3 nitrogen and oxygen atoms in total. The van der Waals surface area contributed by atoms with Gasteiger partial charge in [0.1, 0.15) is 0 Å². The zero-order chi connectivity index (χ0) is 30.4. The quantitative estimate of drug-likeness (QED) is 0.0502. The molecule has 250 valence electrons. The molecule has 0 aromatic rings. The van der Waals surface area contributed by atoms with Crippen molar-refractivity contribution in [1.29, 1.82) is 0 Å². The van der Waals surface area contributed by atoms with Crippen molar-refractivity contribution >= 4 is 0 Å². The lowest BCUT2D eigenvalue weighted by molar-refractivity contribution is 0.168. The molecule has 0 aliphatic heterocycles. The normalized spacial score (nSPS) is 12.7. The molecule has 0 amide bonds. The zero-order valence-electron chi connectivity index (χ0n) is 29.0. The Bertz CT molecular complexity index is 486. The number of unbranched alkanes of at least 4 members (excludes halogenated alkanes) is 24. The maximum atomic E-state index is 10.2. The van der Waals surface area contributed by atoms with Gasteiger partial charge >= 0.3 is 0 Å². The van der Waals surface area contributed by atoms with E-state index in [2.05, 4.69) is 48.8 Å². The van der Waals surface area contributed by atoms with Crippen LogP contribution in [0, 0.1) is 0 Å². The Morgan fingerprint density at radius 2 is 0.643 bits per heavy atom. The van der Waals surface area contributed by atoms with Gasteiger partial charge in [-0.25, -0.2) is 0 Å². The van der Waals surface area contributed by atoms with Crippen molar-refractivity contribution in [2.75, 3.05) is 26.2 Å². The average Bonchev–Trinajstić information content (AvgIpc) is 3.00. The van der Waals surface area contributed by atoms with Crippen molar-refractivity contribution in [1.82, 2.24) is 10.6 Å². The maximum absolute atomic E-state index is 10.2. The summed E-state index contributed by atoms with van der Waals surface area (Å²) in [5.41, 5.74) is 0. The molecule has 3 heteroatoms. The van der Waals surface area contributed by atoms with Crippen LogP contribution < -0.4 is 10.6 Å². The Labute approximate surface area is 265 Å². The van der Waals surface area contributed by atoms with Crippen LogP contribution in [0.5, 0.6) is 0 Å². The third-order valence-corrected chi connectivity index (χ3v) is 8.49. The molecule has 42 heavy (non-hydrogen) atoms. The highest BCUT2D eigenvalue weighted by Gasteiger charge is 2.02. The summed E-state index contributed by atoms with van der Waals surface area (Å²) in [6.07, 6.45) is 47.2. The van der Waals surface area contributed by atoms with Crippen molar-refractivity contribution in [3.63, 3.8) is 0 Å². The maximum Gasteiger partial charge on any atom is 0.0788 e. The molecule has 0 aromatic carbocycles. The molecule has 0 fully saturated rings. The lowest BCUT2D eigenvalue weighted by Gasteiger charge is -2.13. The monoisotopic (exact) mass is 591 g/mol. The average molecular weight is 591 g/mol. The van der Waals surface area contributed by atoms with Gasteiger partial charge in [-0.2, -0.15) is 0 Å². The minimum Gasteiger partial charge on any atom is -0.390 e. The summed E-state index contributed by atoms with van der Waals surface area (Å²) >= 11 is 0. The number of aliphatic hydroxyl groups excluding tert-OH is 1. The molecule has 0 aliphatic carbocycles. The molecular weight excluding hydrogens is 512 g/mol. The highest BCUT2D eigenvalue weighted by atomic mass is 16.3. The Morgan fingerprint density at radius 3 is 0.952 bits per heavy atom. The molecule has 0 aliphatic rings. The van der Waals surface area contributed by atoms with Gasteiger partial charge in [0.15, 0.2) is 0 Å². The van der Waals surface area contributed by atoms with E-state index in [4.69, 9.17) is 0 Å². The number of allylic oxidation sites excluding steroid dienone is 4. The van der Waals surface area contributed by atoms with Crippen molar-refractivity contribution in [3.05, 3.63) is 24.3 Å². The smallest absolute Gasteiger partial charge is 0.0788 e. The van der Waals surface area contributed by atoms with Crippen LogP contribution in [0.2, 0.25) is 0 Å². The minimum absolute atomic E-state index is 0.270. The summed E-state index contributed by atoms with van der Waals surface area (Å²) in [4.78, 5) is 0. The fourth-order valence-electron chi connectivity index (χ4n) is 5.60. The predicted octanol–water partition coefficient (Wildman–Crippen LogP) is 11.6. The third-order valence-electron chi connectivity index (χ3n) is 8.49. The van der Waals surface area contributed by atoms with Crippen LogP contribution in [0.4, 0.5) is 0 Å². The van der Waals surface area contributed by atoms with E-state index in [0.717, 1.165) is 13.1 Å². The SMILES string of the molecule is CCCCCCCCC=CCCCCCCCCNCC(O)CNCCCCCCCCC=CCCCCCCCC. The fraction of sp³-hybridized carbons (Fsp3) is 0.897. The second-order valence-corrected chi connectivity index (χ2v) is 12.9. The first kappa shape index (κ1) is 41.4. The van der Waals surface area contributed by atoms with Crippen molar-refractivity contribution in [3.8, 4) is 0 Å². The molecule has 0 rings (SSSR count). The number of hydrogen-bond acceptors (Lipinski definition) is 3. The first-order valence-electron chi connectivity index (χ1n) is 19.2. The summed E-state index contributed by atoms with van der Waals surface area (Å²) in [5, 5.41) is 17.1. The van der Waals surface area contributed by atoms with Crippen LogP contribution in [0.25, 0.3) is 0 Å². The first-order valence-corrected chi connectivity index (χ1v) is 19.2. The molecule has 0 atom stereocenters. The molecule has 0 aromatic heterocycles. The minimum atomic E-state index is -0.270. The van der Waals surface area contributed by atoms with Gasteiger partial charge in [-0.1, -0.05) is 154 Å². The third kappa shape index (κ3) is 37.4. The van der Waals surface area contributed by atoms with Crippen LogP contribution in [0.15, 0.2) is 24.3 Å². The van der Waals surface area contributed by atoms with Crippen molar-refractivity contribution in [2.45, 2.75) is 200 Å². The summed E-state index contributed by atoms with van der Waals surface area (Å²) in [7, 11) is 0. The van der Waals surface area contributed by atoms with Crippen LogP contribution in [-0.2, 0) is 0 Å². The van der Waals surface area contributed by atoms with E-state index in [9.17, 15) is 5.11 Å². The first-order chi connectivity index (χ1) is 20.8. The zero-order valence-corrected chi connectivity index (χ0v) is 29.0. The number of nitrogens with one attached hydrogen (secondary N) is 2. The Balaban J connectivity index is 3.21. The molecule has 0 unspecified atom stereocenters. The summed E-state index contributed by atoms with van der Waals surface area (Å²) in [6.45, 7) is 8.07. The van der Waals surface area contributed by atoms with Gasteiger partial charge < -0.3 is 15.7 Å². The van der Waals surface area contributed by atoms with Gasteiger partial charge in [0.2, 0.25) is 0 Å². The van der Waals surface area contributed by atoms with Crippen LogP contribution >= 0.6 is 0 Å². The highest BCUT2D eigenvalue weighted by molar-refractivity contribution is 4.82. The van der Waals surface area contributed by atoms with E-state index in [1.54, 1.807) is 0 Å². The van der Waals surface area contributed by atoms with Gasteiger partial charge in [-0.3, -0.25) is 0 Å². The van der Waals surface area contributed by atoms with Gasteiger partial charge in [0, 0.05) is 13.1 Å². The van der Waals surface area contributed by atoms with Crippen LogP contribution in [-0.4, -0.2) is 37.4 Å². The van der Waals surface area contributed by atoms with Gasteiger partial charge in [0.25, 0.3) is 0 Å². The second-order valence-electron chi connectivity index (χ2n) is 12.9. The van der Waals surface area contributed by atoms with E-state index >= 15 is 0 Å². The fourth-order valence-corrected chi connectivity index (χ4v) is 5.60. The topological polar surface area (TPSA) is 44.3 Å². The lowest BCUT2D eigenvalue weighted by Crippen LogP contribution is -2.36. The summed E-state index contributed by atoms with van der Waals surface area (Å²) in [5.74, 6) is 0. The summed E-state index contributed by atoms with van der Waals surface area (Å²) in [6, 6.07) is 0. The molecule has 0 radical (unpaired) electrons. The molecular formula is C39H78N2O. The van der Waals surface area contributed by atoms with Crippen LogP contribution in [0.1, 0.15) is 194 Å². The van der Waals surface area contributed by atoms with Crippen LogP contribution in [0.3, 0.4) is 0 Å². The lowest BCUT2D eigenvalue weighted by atomic mass is 10.1. The second kappa shape index (κ2) is 38.4. The summed E-state index contributed by atoms with van der Waals surface area (Å²) < 4.78 is 0. The van der Waals surface area contributed by atoms with E-state index in [1.807, 2.05) is 0 Å². The Kier molecular flexibility index (Phi) is 37.8. The molecule has 3 N–H and O–H groups in total. The number of aliphatic hydroxyl groups is 1. The van der Waals surface area contributed by atoms with Crippen molar-refractivity contribution in [2.24, 2.45) is 0 Å². The van der Waals surface area contributed by atoms with Gasteiger partial charge in [-0.15, -0.1) is 0 Å². The van der Waals surface area contributed by atoms with E-state index in [-0.39, 0.29) is 6.10 Å². The standard InChI is InChI=1S/C39H78N2O/c1-3-5-7-9-11-13-15-17-19-21-23-25-27-29-31-33-35-40-37-39(42)38-41-36-34-32-30-28-26-24-22-20-18-16-14-12-10-8-6-4-2/h17-20,39-42H,3-16,21-38H2,1-2H3. The van der Waals surface area contributed by atoms with E-state index < -0.39 is 0 Å². The molecule has 0 heterocycles. The molecule has 0 saturated heterocycles.